The van der Waals surface area contributed by atoms with Gasteiger partial charge in [-0.05, 0) is 37.6 Å². The van der Waals surface area contributed by atoms with Crippen LogP contribution in [-0.4, -0.2) is 10.9 Å². The molecule has 156 valence electrons. The first-order chi connectivity index (χ1) is 14.8. The van der Waals surface area contributed by atoms with Crippen molar-refractivity contribution in [2.45, 2.75) is 20.0 Å². The van der Waals surface area contributed by atoms with Gasteiger partial charge in [-0.15, -0.1) is 0 Å². The lowest BCUT2D eigenvalue weighted by molar-refractivity contribution is -0.136. The number of anilines is 1. The van der Waals surface area contributed by atoms with E-state index in [9.17, 15) is 18.0 Å². The number of aromatic nitrogens is 1. The van der Waals surface area contributed by atoms with Gasteiger partial charge in [-0.1, -0.05) is 60.2 Å². The number of nitrogens with one attached hydrogen (secondary N) is 1. The molecule has 0 spiro atoms. The maximum absolute atomic E-state index is 13.4. The zero-order valence-electron chi connectivity index (χ0n) is 16.9. The van der Waals surface area contributed by atoms with E-state index >= 15 is 0 Å². The molecule has 0 aliphatic carbocycles. The van der Waals surface area contributed by atoms with Gasteiger partial charge < -0.3 is 5.32 Å². The van der Waals surface area contributed by atoms with Crippen LogP contribution in [0.4, 0.5) is 18.9 Å². The summed E-state index contributed by atoms with van der Waals surface area (Å²) in [7, 11) is 0. The predicted octanol–water partition coefficient (Wildman–Crippen LogP) is 6.79. The van der Waals surface area contributed by atoms with Gasteiger partial charge in [-0.2, -0.15) is 13.2 Å². The summed E-state index contributed by atoms with van der Waals surface area (Å²) in [6.45, 7) is 3.74. The Labute approximate surface area is 177 Å². The van der Waals surface area contributed by atoms with Crippen LogP contribution < -0.4 is 5.32 Å². The topological polar surface area (TPSA) is 42.0 Å². The van der Waals surface area contributed by atoms with Crippen LogP contribution in [0.25, 0.3) is 22.2 Å². The van der Waals surface area contributed by atoms with Crippen molar-refractivity contribution < 1.29 is 18.0 Å². The Bertz CT molecular complexity index is 1280. The van der Waals surface area contributed by atoms with Crippen molar-refractivity contribution in [1.82, 2.24) is 4.98 Å². The fraction of sp³-hybridized carbons (Fsp3) is 0.120. The molecule has 6 heteroatoms. The summed E-state index contributed by atoms with van der Waals surface area (Å²) in [6, 6.07) is 19.8. The van der Waals surface area contributed by atoms with E-state index in [1.54, 1.807) is 25.1 Å². The van der Waals surface area contributed by atoms with Gasteiger partial charge in [0.05, 0.1) is 28.0 Å². The van der Waals surface area contributed by atoms with E-state index in [1.165, 1.54) is 18.2 Å². The molecular formula is C25H19F3N2O. The minimum Gasteiger partial charge on any atom is -0.321 e. The van der Waals surface area contributed by atoms with Gasteiger partial charge in [0.1, 0.15) is 0 Å². The van der Waals surface area contributed by atoms with Crippen molar-refractivity contribution in [3.8, 4) is 11.3 Å². The number of halogens is 3. The van der Waals surface area contributed by atoms with E-state index in [2.05, 4.69) is 5.32 Å². The molecule has 0 radical (unpaired) electrons. The normalized spacial score (nSPS) is 11.5. The maximum atomic E-state index is 13.4. The average Bonchev–Trinajstić information content (AvgIpc) is 2.73. The number of alkyl halides is 3. The Morgan fingerprint density at radius 2 is 1.52 bits per heavy atom. The number of carbonyl (C=O) groups is 1. The van der Waals surface area contributed by atoms with E-state index < -0.39 is 17.6 Å². The second-order valence-electron chi connectivity index (χ2n) is 7.34. The highest BCUT2D eigenvalue weighted by Gasteiger charge is 2.34. The van der Waals surface area contributed by atoms with Crippen LogP contribution in [0.2, 0.25) is 0 Å². The monoisotopic (exact) mass is 420 g/mol. The van der Waals surface area contributed by atoms with Crippen LogP contribution in [0.1, 0.15) is 27.0 Å². The molecular weight excluding hydrogens is 401 g/mol. The molecule has 4 rings (SSSR count). The lowest BCUT2D eigenvalue weighted by Gasteiger charge is -2.17. The van der Waals surface area contributed by atoms with E-state index in [0.717, 1.165) is 17.2 Å². The van der Waals surface area contributed by atoms with Crippen LogP contribution in [0.5, 0.6) is 0 Å². The van der Waals surface area contributed by atoms with Crippen LogP contribution >= 0.6 is 0 Å². The van der Waals surface area contributed by atoms with E-state index in [1.807, 2.05) is 37.3 Å². The number of benzene rings is 3. The Morgan fingerprint density at radius 3 is 2.23 bits per heavy atom. The number of para-hydroxylation sites is 2. The Morgan fingerprint density at radius 1 is 0.871 bits per heavy atom. The van der Waals surface area contributed by atoms with Gasteiger partial charge in [0, 0.05) is 10.9 Å². The van der Waals surface area contributed by atoms with Crippen LogP contribution in [0.15, 0.2) is 72.8 Å². The van der Waals surface area contributed by atoms with Gasteiger partial charge in [0.15, 0.2) is 0 Å². The molecule has 0 saturated carbocycles. The fourth-order valence-electron chi connectivity index (χ4n) is 3.62. The number of hydrogen-bond acceptors (Lipinski definition) is 2. The van der Waals surface area contributed by atoms with Crippen LogP contribution in [0, 0.1) is 13.8 Å². The lowest BCUT2D eigenvalue weighted by Crippen LogP contribution is -2.18. The van der Waals surface area contributed by atoms with Gasteiger partial charge >= 0.3 is 6.18 Å². The summed E-state index contributed by atoms with van der Waals surface area (Å²) in [5.41, 5.74) is 2.87. The van der Waals surface area contributed by atoms with Crippen molar-refractivity contribution in [1.29, 1.82) is 0 Å². The number of aryl methyl sites for hydroxylation is 1. The van der Waals surface area contributed by atoms with Gasteiger partial charge in [-0.25, -0.2) is 4.98 Å². The standard InChI is InChI=1S/C25H19F3N2O/c1-15-11-13-17(14-12-15)23-16(2)22(18-7-3-5-9-20(18)29-23)24(31)30-21-10-6-4-8-19(21)25(26,27)28/h3-14H,1-2H3,(H,30,31). The number of pyridine rings is 1. The highest BCUT2D eigenvalue weighted by molar-refractivity contribution is 6.14. The van der Waals surface area contributed by atoms with Crippen molar-refractivity contribution in [2.75, 3.05) is 5.32 Å². The van der Waals surface area contributed by atoms with Gasteiger partial charge in [0.25, 0.3) is 5.91 Å². The van der Waals surface area contributed by atoms with Crippen molar-refractivity contribution in [3.63, 3.8) is 0 Å². The van der Waals surface area contributed by atoms with Crippen molar-refractivity contribution >= 4 is 22.5 Å². The summed E-state index contributed by atoms with van der Waals surface area (Å²) in [4.78, 5) is 18.0. The SMILES string of the molecule is Cc1ccc(-c2nc3ccccc3c(C(=O)Nc3ccccc3C(F)(F)F)c2C)cc1. The third-order valence-corrected chi connectivity index (χ3v) is 5.17. The molecule has 3 aromatic carbocycles. The summed E-state index contributed by atoms with van der Waals surface area (Å²) >= 11 is 0. The number of amides is 1. The zero-order valence-corrected chi connectivity index (χ0v) is 16.9. The fourth-order valence-corrected chi connectivity index (χ4v) is 3.62. The summed E-state index contributed by atoms with van der Waals surface area (Å²) in [5, 5.41) is 3.05. The number of fused-ring (bicyclic) bond motifs is 1. The third-order valence-electron chi connectivity index (χ3n) is 5.17. The summed E-state index contributed by atoms with van der Waals surface area (Å²) in [5.74, 6) is -0.610. The Balaban J connectivity index is 1.87. The molecule has 1 N–H and O–H groups in total. The third kappa shape index (κ3) is 4.01. The highest BCUT2D eigenvalue weighted by atomic mass is 19.4. The number of rotatable bonds is 3. The molecule has 4 aromatic rings. The minimum absolute atomic E-state index is 0.280. The first kappa shape index (κ1) is 20.6. The summed E-state index contributed by atoms with van der Waals surface area (Å²) < 4.78 is 40.2. The molecule has 0 bridgehead atoms. The van der Waals surface area contributed by atoms with E-state index in [4.69, 9.17) is 4.98 Å². The maximum Gasteiger partial charge on any atom is 0.418 e. The molecule has 1 amide bonds. The Hall–Kier alpha value is -3.67. The molecule has 1 heterocycles. The van der Waals surface area contributed by atoms with E-state index in [0.29, 0.717) is 27.7 Å². The first-order valence-electron chi connectivity index (χ1n) is 9.69. The second-order valence-corrected chi connectivity index (χ2v) is 7.34. The largest absolute Gasteiger partial charge is 0.418 e. The molecule has 3 nitrogen and oxygen atoms in total. The molecule has 0 saturated heterocycles. The minimum atomic E-state index is -4.58. The molecule has 0 atom stereocenters. The van der Waals surface area contributed by atoms with Gasteiger partial charge in [-0.3, -0.25) is 4.79 Å². The molecule has 31 heavy (non-hydrogen) atoms. The molecule has 0 fully saturated rings. The molecule has 0 aliphatic heterocycles. The number of carbonyl (C=O) groups excluding carboxylic acids is 1. The molecule has 0 unspecified atom stereocenters. The second kappa shape index (κ2) is 7.87. The van der Waals surface area contributed by atoms with Crippen LogP contribution in [0.3, 0.4) is 0 Å². The van der Waals surface area contributed by atoms with E-state index in [-0.39, 0.29) is 5.69 Å². The quantitative estimate of drug-likeness (QED) is 0.396. The smallest absolute Gasteiger partial charge is 0.321 e. The predicted molar refractivity (Wildman–Crippen MR) is 116 cm³/mol. The molecule has 0 aliphatic rings. The van der Waals surface area contributed by atoms with Crippen molar-refractivity contribution in [3.05, 3.63) is 95.1 Å². The van der Waals surface area contributed by atoms with Crippen molar-refractivity contribution in [2.24, 2.45) is 0 Å². The zero-order chi connectivity index (χ0) is 22.2. The van der Waals surface area contributed by atoms with Crippen LogP contribution in [-0.2, 0) is 6.18 Å². The number of hydrogen-bond donors (Lipinski definition) is 1. The molecule has 1 aromatic heterocycles. The first-order valence-corrected chi connectivity index (χ1v) is 9.69. The highest BCUT2D eigenvalue weighted by Crippen LogP contribution is 2.36. The lowest BCUT2D eigenvalue weighted by atomic mass is 9.96. The number of nitrogens with zero attached hydrogens (tertiary/aromatic N) is 1. The van der Waals surface area contributed by atoms with Gasteiger partial charge in [0.2, 0.25) is 0 Å². The summed E-state index contributed by atoms with van der Waals surface area (Å²) in [6.07, 6.45) is -4.58. The average molecular weight is 420 g/mol. The Kier molecular flexibility index (Phi) is 5.23.